The van der Waals surface area contributed by atoms with Gasteiger partial charge in [0.1, 0.15) is 0 Å². The number of benzene rings is 1. The zero-order chi connectivity index (χ0) is 12.0. The van der Waals surface area contributed by atoms with E-state index in [1.54, 1.807) is 0 Å². The van der Waals surface area contributed by atoms with Gasteiger partial charge >= 0.3 is 0 Å². The average Bonchev–Trinajstić information content (AvgIpc) is 2.28. The molecule has 16 heavy (non-hydrogen) atoms. The molecule has 0 radical (unpaired) electrons. The van der Waals surface area contributed by atoms with Crippen LogP contribution >= 0.6 is 11.8 Å². The molecule has 0 spiro atoms. The molecule has 0 amide bonds. The molecule has 0 aliphatic heterocycles. The summed E-state index contributed by atoms with van der Waals surface area (Å²) in [4.78, 5) is 1.38. The Morgan fingerprint density at radius 2 is 1.75 bits per heavy atom. The van der Waals surface area contributed by atoms with Crippen molar-refractivity contribution in [1.29, 1.82) is 0 Å². The van der Waals surface area contributed by atoms with Crippen molar-refractivity contribution < 1.29 is 0 Å². The second-order valence-corrected chi connectivity index (χ2v) is 5.94. The molecule has 1 nitrogen and oxygen atoms in total. The Hall–Kier alpha value is -0.470. The molecule has 1 rings (SSSR count). The Labute approximate surface area is 104 Å². The van der Waals surface area contributed by atoms with Crippen LogP contribution in [0.15, 0.2) is 29.2 Å². The van der Waals surface area contributed by atoms with Gasteiger partial charge in [0.2, 0.25) is 0 Å². The predicted molar refractivity (Wildman–Crippen MR) is 74.0 cm³/mol. The number of hydrogen-bond acceptors (Lipinski definition) is 2. The minimum atomic E-state index is 0.680. The maximum absolute atomic E-state index is 3.34. The molecule has 1 N–H and O–H groups in total. The molecular weight excluding hydrogens is 214 g/mol. The summed E-state index contributed by atoms with van der Waals surface area (Å²) < 4.78 is 0. The van der Waals surface area contributed by atoms with E-state index < -0.39 is 0 Å². The van der Waals surface area contributed by atoms with Crippen LogP contribution < -0.4 is 5.32 Å². The first-order valence-electron chi connectivity index (χ1n) is 6.09. The van der Waals surface area contributed by atoms with Crippen molar-refractivity contribution in [1.82, 2.24) is 5.32 Å². The molecule has 0 saturated heterocycles. The molecule has 90 valence electrons. The zero-order valence-electron chi connectivity index (χ0n) is 10.8. The van der Waals surface area contributed by atoms with Crippen molar-refractivity contribution in [3.05, 3.63) is 29.8 Å². The third kappa shape index (κ3) is 4.58. The lowest BCUT2D eigenvalue weighted by molar-refractivity contribution is 0.642. The van der Waals surface area contributed by atoms with Crippen LogP contribution in [0.4, 0.5) is 0 Å². The number of hydrogen-bond donors (Lipinski definition) is 1. The Bertz CT molecular complexity index is 292. The van der Waals surface area contributed by atoms with Gasteiger partial charge in [-0.15, -0.1) is 11.8 Å². The van der Waals surface area contributed by atoms with Gasteiger partial charge in [-0.1, -0.05) is 39.8 Å². The third-order valence-corrected chi connectivity index (χ3v) is 4.22. The molecule has 0 aliphatic carbocycles. The summed E-state index contributed by atoms with van der Waals surface area (Å²) >= 11 is 1.96. The largest absolute Gasteiger partial charge is 0.313 e. The first kappa shape index (κ1) is 13.6. The maximum Gasteiger partial charge on any atom is 0.0205 e. The molecule has 0 aromatic heterocycles. The predicted octanol–water partition coefficient (Wildman–Crippen LogP) is 3.93. The molecule has 0 fully saturated rings. The maximum atomic E-state index is 3.34. The van der Waals surface area contributed by atoms with E-state index in [0.29, 0.717) is 5.25 Å². The molecule has 1 unspecified atom stereocenters. The summed E-state index contributed by atoms with van der Waals surface area (Å²) in [6.45, 7) is 11.0. The highest BCUT2D eigenvalue weighted by Crippen LogP contribution is 2.27. The lowest BCUT2D eigenvalue weighted by Gasteiger charge is -2.15. The van der Waals surface area contributed by atoms with Crippen LogP contribution in [0.5, 0.6) is 0 Å². The van der Waals surface area contributed by atoms with Gasteiger partial charge in [-0.25, -0.2) is 0 Å². The second kappa shape index (κ2) is 6.97. The molecule has 0 heterocycles. The number of thioether (sulfide) groups is 1. The molecule has 0 aliphatic rings. The average molecular weight is 237 g/mol. The van der Waals surface area contributed by atoms with E-state index in [1.165, 1.54) is 10.5 Å². The van der Waals surface area contributed by atoms with Crippen molar-refractivity contribution in [2.75, 3.05) is 6.54 Å². The van der Waals surface area contributed by atoms with E-state index in [1.807, 2.05) is 11.8 Å². The van der Waals surface area contributed by atoms with E-state index in [4.69, 9.17) is 0 Å². The Balaban J connectivity index is 2.51. The minimum absolute atomic E-state index is 0.680. The van der Waals surface area contributed by atoms with Crippen LogP contribution in [-0.4, -0.2) is 11.8 Å². The topological polar surface area (TPSA) is 12.0 Å². The van der Waals surface area contributed by atoms with Crippen LogP contribution in [0.25, 0.3) is 0 Å². The smallest absolute Gasteiger partial charge is 0.0205 e. The standard InChI is InChI=1S/C14H23NS/c1-5-15-10-13-6-8-14(9-7-13)16-12(4)11(2)3/h6-9,11-12,15H,5,10H2,1-4H3. The Morgan fingerprint density at radius 1 is 1.12 bits per heavy atom. The van der Waals surface area contributed by atoms with Gasteiger partial charge in [0.05, 0.1) is 0 Å². The summed E-state index contributed by atoms with van der Waals surface area (Å²) in [5.74, 6) is 0.728. The molecule has 0 saturated carbocycles. The molecule has 0 bridgehead atoms. The fourth-order valence-electron chi connectivity index (χ4n) is 1.31. The van der Waals surface area contributed by atoms with E-state index in [-0.39, 0.29) is 0 Å². The van der Waals surface area contributed by atoms with Crippen LogP contribution in [0.3, 0.4) is 0 Å². The SMILES string of the molecule is CCNCc1ccc(SC(C)C(C)C)cc1. The van der Waals surface area contributed by atoms with Crippen LogP contribution in [0.1, 0.15) is 33.3 Å². The first-order chi connectivity index (χ1) is 7.63. The number of nitrogens with one attached hydrogen (secondary N) is 1. The highest BCUT2D eigenvalue weighted by Gasteiger charge is 2.08. The van der Waals surface area contributed by atoms with Gasteiger partial charge in [0.25, 0.3) is 0 Å². The highest BCUT2D eigenvalue weighted by molar-refractivity contribution is 8.00. The zero-order valence-corrected chi connectivity index (χ0v) is 11.6. The summed E-state index contributed by atoms with van der Waals surface area (Å²) in [5, 5.41) is 4.02. The third-order valence-electron chi connectivity index (χ3n) is 2.76. The highest BCUT2D eigenvalue weighted by atomic mass is 32.2. The van der Waals surface area contributed by atoms with E-state index >= 15 is 0 Å². The van der Waals surface area contributed by atoms with Crippen LogP contribution in [0.2, 0.25) is 0 Å². The molecular formula is C14H23NS. The van der Waals surface area contributed by atoms with Crippen molar-refractivity contribution in [2.45, 2.75) is 44.4 Å². The van der Waals surface area contributed by atoms with Crippen molar-refractivity contribution in [3.63, 3.8) is 0 Å². The second-order valence-electron chi connectivity index (χ2n) is 4.49. The molecule has 1 atom stereocenters. The van der Waals surface area contributed by atoms with E-state index in [9.17, 15) is 0 Å². The summed E-state index contributed by atoms with van der Waals surface area (Å²) in [5.41, 5.74) is 1.36. The fraction of sp³-hybridized carbons (Fsp3) is 0.571. The van der Waals surface area contributed by atoms with Gasteiger partial charge in [-0.2, -0.15) is 0 Å². The van der Waals surface area contributed by atoms with Gasteiger partial charge in [-0.3, -0.25) is 0 Å². The summed E-state index contributed by atoms with van der Waals surface area (Å²) in [7, 11) is 0. The lowest BCUT2D eigenvalue weighted by Crippen LogP contribution is -2.11. The van der Waals surface area contributed by atoms with Crippen molar-refractivity contribution in [2.24, 2.45) is 5.92 Å². The van der Waals surface area contributed by atoms with Gasteiger partial charge in [-0.05, 0) is 30.2 Å². The first-order valence-corrected chi connectivity index (χ1v) is 6.97. The van der Waals surface area contributed by atoms with E-state index in [2.05, 4.69) is 57.3 Å². The molecule has 1 aromatic carbocycles. The van der Waals surface area contributed by atoms with E-state index in [0.717, 1.165) is 19.0 Å². The minimum Gasteiger partial charge on any atom is -0.313 e. The summed E-state index contributed by atoms with van der Waals surface area (Å²) in [6, 6.07) is 8.91. The van der Waals surface area contributed by atoms with Crippen LogP contribution in [0, 0.1) is 5.92 Å². The normalized spacial score (nSPS) is 13.1. The van der Waals surface area contributed by atoms with Gasteiger partial charge < -0.3 is 5.32 Å². The lowest BCUT2D eigenvalue weighted by atomic mass is 10.2. The van der Waals surface area contributed by atoms with Crippen molar-refractivity contribution >= 4 is 11.8 Å². The Morgan fingerprint density at radius 3 is 2.25 bits per heavy atom. The van der Waals surface area contributed by atoms with Gasteiger partial charge in [0, 0.05) is 16.7 Å². The Kier molecular flexibility index (Phi) is 5.93. The van der Waals surface area contributed by atoms with Gasteiger partial charge in [0.15, 0.2) is 0 Å². The quantitative estimate of drug-likeness (QED) is 0.752. The molecule has 1 aromatic rings. The van der Waals surface area contributed by atoms with Crippen LogP contribution in [-0.2, 0) is 6.54 Å². The molecule has 2 heteroatoms. The fourth-order valence-corrected chi connectivity index (χ4v) is 2.30. The number of rotatable bonds is 6. The summed E-state index contributed by atoms with van der Waals surface area (Å²) in [6.07, 6.45) is 0. The monoisotopic (exact) mass is 237 g/mol. The van der Waals surface area contributed by atoms with Crippen molar-refractivity contribution in [3.8, 4) is 0 Å².